The molecule has 1 aromatic heterocycles. The van der Waals surface area contributed by atoms with E-state index in [1.807, 2.05) is 17.9 Å². The summed E-state index contributed by atoms with van der Waals surface area (Å²) >= 11 is 1.51. The molecular weight excluding hydrogens is 232 g/mol. The monoisotopic (exact) mass is 252 g/mol. The molecule has 1 amide bonds. The van der Waals surface area contributed by atoms with Crippen molar-refractivity contribution in [2.24, 2.45) is 5.92 Å². The number of hydrogen-bond acceptors (Lipinski definition) is 3. The zero-order valence-electron chi connectivity index (χ0n) is 10.5. The lowest BCUT2D eigenvalue weighted by Crippen LogP contribution is -2.31. The minimum absolute atomic E-state index is 0.156. The van der Waals surface area contributed by atoms with Crippen molar-refractivity contribution in [3.05, 3.63) is 15.8 Å². The fourth-order valence-electron chi connectivity index (χ4n) is 2.22. The molecule has 1 aliphatic heterocycles. The summed E-state index contributed by atoms with van der Waals surface area (Å²) in [5.74, 6) is 0.895. The van der Waals surface area contributed by atoms with Crippen LogP contribution in [-0.2, 0) is 0 Å². The zero-order chi connectivity index (χ0) is 12.4. The van der Waals surface area contributed by atoms with Crippen molar-refractivity contribution < 1.29 is 4.79 Å². The van der Waals surface area contributed by atoms with Gasteiger partial charge in [0.05, 0.1) is 4.88 Å². The Bertz CT molecular complexity index is 394. The van der Waals surface area contributed by atoms with E-state index in [1.54, 1.807) is 0 Å². The number of rotatable bonds is 1. The number of carbonyl (C=O) groups is 1. The van der Waals surface area contributed by atoms with Crippen LogP contribution in [0.25, 0.3) is 0 Å². The van der Waals surface area contributed by atoms with Gasteiger partial charge in [-0.25, -0.2) is 0 Å². The highest BCUT2D eigenvalue weighted by atomic mass is 32.1. The van der Waals surface area contributed by atoms with Crippen molar-refractivity contribution >= 4 is 22.9 Å². The van der Waals surface area contributed by atoms with Crippen LogP contribution in [0, 0.1) is 12.8 Å². The third-order valence-corrected chi connectivity index (χ3v) is 4.53. The molecular formula is C13H20N2OS. The third-order valence-electron chi connectivity index (χ3n) is 3.47. The van der Waals surface area contributed by atoms with E-state index >= 15 is 0 Å². The molecule has 1 saturated heterocycles. The minimum atomic E-state index is 0.156. The van der Waals surface area contributed by atoms with E-state index in [2.05, 4.69) is 6.92 Å². The molecule has 1 fully saturated rings. The van der Waals surface area contributed by atoms with Crippen molar-refractivity contribution in [1.82, 2.24) is 4.90 Å². The number of amides is 1. The van der Waals surface area contributed by atoms with Gasteiger partial charge in [-0.05, 0) is 38.2 Å². The second-order valence-corrected chi connectivity index (χ2v) is 6.21. The number of carbonyl (C=O) groups excluding carboxylic acids is 1. The Morgan fingerprint density at radius 2 is 2.24 bits per heavy atom. The summed E-state index contributed by atoms with van der Waals surface area (Å²) in [6.45, 7) is 6.00. The van der Waals surface area contributed by atoms with E-state index in [9.17, 15) is 4.79 Å². The van der Waals surface area contributed by atoms with Gasteiger partial charge in [-0.2, -0.15) is 0 Å². The van der Waals surface area contributed by atoms with Gasteiger partial charge in [0.1, 0.15) is 0 Å². The normalized spacial score (nSPS) is 21.3. The molecule has 1 aromatic rings. The van der Waals surface area contributed by atoms with Crippen LogP contribution in [0.5, 0.6) is 0 Å². The van der Waals surface area contributed by atoms with Crippen LogP contribution in [0.15, 0.2) is 6.07 Å². The van der Waals surface area contributed by atoms with Gasteiger partial charge >= 0.3 is 0 Å². The van der Waals surface area contributed by atoms with Gasteiger partial charge in [-0.3, -0.25) is 4.79 Å². The molecule has 94 valence electrons. The second-order valence-electron chi connectivity index (χ2n) is 4.95. The maximum atomic E-state index is 12.3. The highest BCUT2D eigenvalue weighted by Crippen LogP contribution is 2.26. The predicted molar refractivity (Wildman–Crippen MR) is 72.4 cm³/mol. The van der Waals surface area contributed by atoms with Gasteiger partial charge in [-0.1, -0.05) is 6.92 Å². The predicted octanol–water partition coefficient (Wildman–Crippen LogP) is 2.90. The molecule has 0 aliphatic carbocycles. The van der Waals surface area contributed by atoms with Gasteiger partial charge in [0.15, 0.2) is 0 Å². The van der Waals surface area contributed by atoms with E-state index in [0.717, 1.165) is 47.3 Å². The second kappa shape index (κ2) is 5.08. The minimum Gasteiger partial charge on any atom is -0.398 e. The van der Waals surface area contributed by atoms with E-state index < -0.39 is 0 Å². The van der Waals surface area contributed by atoms with E-state index in [4.69, 9.17) is 5.73 Å². The Labute approximate surface area is 107 Å². The number of anilines is 1. The largest absolute Gasteiger partial charge is 0.398 e. The van der Waals surface area contributed by atoms with Crippen LogP contribution in [0.3, 0.4) is 0 Å². The molecule has 4 heteroatoms. The number of nitrogens with zero attached hydrogens (tertiary/aromatic N) is 1. The highest BCUT2D eigenvalue weighted by molar-refractivity contribution is 7.14. The number of nitrogens with two attached hydrogens (primary N) is 1. The van der Waals surface area contributed by atoms with Crippen LogP contribution in [0.1, 0.15) is 40.7 Å². The third kappa shape index (κ3) is 2.80. The Balaban J connectivity index is 2.09. The van der Waals surface area contributed by atoms with Crippen molar-refractivity contribution in [2.75, 3.05) is 18.8 Å². The number of likely N-dealkylation sites (tertiary alicyclic amines) is 1. The van der Waals surface area contributed by atoms with Crippen molar-refractivity contribution in [1.29, 1.82) is 0 Å². The zero-order valence-corrected chi connectivity index (χ0v) is 11.3. The number of nitrogen functional groups attached to an aromatic ring is 1. The maximum Gasteiger partial charge on any atom is 0.264 e. The molecule has 0 radical (unpaired) electrons. The lowest BCUT2D eigenvalue weighted by atomic mass is 10.0. The molecule has 1 atom stereocenters. The first-order chi connectivity index (χ1) is 8.08. The van der Waals surface area contributed by atoms with Gasteiger partial charge in [0, 0.05) is 23.7 Å². The summed E-state index contributed by atoms with van der Waals surface area (Å²) in [6, 6.07) is 1.82. The molecule has 2 heterocycles. The Morgan fingerprint density at radius 3 is 2.88 bits per heavy atom. The Morgan fingerprint density at radius 1 is 1.47 bits per heavy atom. The smallest absolute Gasteiger partial charge is 0.264 e. The van der Waals surface area contributed by atoms with E-state index in [1.165, 1.54) is 17.8 Å². The van der Waals surface area contributed by atoms with Crippen molar-refractivity contribution in [2.45, 2.75) is 33.1 Å². The first kappa shape index (κ1) is 12.4. The van der Waals surface area contributed by atoms with Gasteiger partial charge in [0.25, 0.3) is 5.91 Å². The quantitative estimate of drug-likeness (QED) is 0.835. The van der Waals surface area contributed by atoms with Crippen molar-refractivity contribution in [3.63, 3.8) is 0 Å². The summed E-state index contributed by atoms with van der Waals surface area (Å²) in [4.78, 5) is 16.1. The molecule has 2 N–H and O–H groups in total. The molecule has 2 rings (SSSR count). The van der Waals surface area contributed by atoms with Crippen molar-refractivity contribution in [3.8, 4) is 0 Å². The summed E-state index contributed by atoms with van der Waals surface area (Å²) < 4.78 is 0. The van der Waals surface area contributed by atoms with Crippen LogP contribution in [-0.4, -0.2) is 23.9 Å². The first-order valence-corrected chi connectivity index (χ1v) is 7.04. The molecule has 0 spiro atoms. The van der Waals surface area contributed by atoms with Crippen LogP contribution >= 0.6 is 11.3 Å². The highest BCUT2D eigenvalue weighted by Gasteiger charge is 2.21. The fraction of sp³-hybridized carbons (Fsp3) is 0.615. The van der Waals surface area contributed by atoms with Crippen LogP contribution < -0.4 is 5.73 Å². The van der Waals surface area contributed by atoms with E-state index in [0.29, 0.717) is 0 Å². The number of aryl methyl sites for hydroxylation is 1. The Kier molecular flexibility index (Phi) is 3.72. The molecule has 1 unspecified atom stereocenters. The fourth-order valence-corrected chi connectivity index (χ4v) is 3.13. The van der Waals surface area contributed by atoms with Gasteiger partial charge < -0.3 is 10.6 Å². The van der Waals surface area contributed by atoms with E-state index in [-0.39, 0.29) is 5.91 Å². The SMILES string of the molecule is Cc1sc(C(=O)N2CCCC(C)CC2)cc1N. The van der Waals surface area contributed by atoms with Crippen LogP contribution in [0.2, 0.25) is 0 Å². The summed E-state index contributed by atoms with van der Waals surface area (Å²) in [5, 5.41) is 0. The Hall–Kier alpha value is -1.03. The molecule has 1 aliphatic rings. The molecule has 0 aromatic carbocycles. The summed E-state index contributed by atoms with van der Waals surface area (Å²) in [5.41, 5.74) is 6.54. The standard InChI is InChI=1S/C13H20N2OS/c1-9-4-3-6-15(7-5-9)13(16)12-8-11(14)10(2)17-12/h8-9H,3-7,14H2,1-2H3. The average molecular weight is 252 g/mol. The van der Waals surface area contributed by atoms with Crippen LogP contribution in [0.4, 0.5) is 5.69 Å². The van der Waals surface area contributed by atoms with Gasteiger partial charge in [-0.15, -0.1) is 11.3 Å². The number of hydrogen-bond donors (Lipinski definition) is 1. The average Bonchev–Trinajstić information content (AvgIpc) is 2.51. The molecule has 0 saturated carbocycles. The lowest BCUT2D eigenvalue weighted by molar-refractivity contribution is 0.0765. The molecule has 3 nitrogen and oxygen atoms in total. The molecule has 0 bridgehead atoms. The van der Waals surface area contributed by atoms with Gasteiger partial charge in [0.2, 0.25) is 0 Å². The number of thiophene rings is 1. The maximum absolute atomic E-state index is 12.3. The first-order valence-electron chi connectivity index (χ1n) is 6.23. The topological polar surface area (TPSA) is 46.3 Å². The summed E-state index contributed by atoms with van der Waals surface area (Å²) in [7, 11) is 0. The summed E-state index contributed by atoms with van der Waals surface area (Å²) in [6.07, 6.45) is 3.47. The lowest BCUT2D eigenvalue weighted by Gasteiger charge is -2.19. The molecule has 17 heavy (non-hydrogen) atoms.